The van der Waals surface area contributed by atoms with Gasteiger partial charge in [0.1, 0.15) is 11.6 Å². The molecule has 9 heteroatoms. The van der Waals surface area contributed by atoms with Gasteiger partial charge in [-0.1, -0.05) is 18.2 Å². The summed E-state index contributed by atoms with van der Waals surface area (Å²) in [4.78, 5) is 15.1. The fraction of sp³-hybridized carbons (Fsp3) is 0.429. The highest BCUT2D eigenvalue weighted by Gasteiger charge is 2.31. The molecule has 1 aromatic carbocycles. The molecule has 6 nitrogen and oxygen atoms in total. The van der Waals surface area contributed by atoms with Crippen molar-refractivity contribution < 1.29 is 32.5 Å². The van der Waals surface area contributed by atoms with Crippen molar-refractivity contribution in [1.82, 2.24) is 4.98 Å². The van der Waals surface area contributed by atoms with Gasteiger partial charge in [-0.3, -0.25) is 4.79 Å². The van der Waals surface area contributed by atoms with Crippen molar-refractivity contribution in [3.8, 4) is 5.75 Å². The average molecular weight is 424 g/mol. The molecule has 2 atom stereocenters. The molecule has 1 saturated heterocycles. The first-order chi connectivity index (χ1) is 14.3. The van der Waals surface area contributed by atoms with Crippen molar-refractivity contribution in [2.45, 2.75) is 50.6 Å². The van der Waals surface area contributed by atoms with E-state index in [1.54, 1.807) is 12.3 Å². The molecular formula is C21H23F3N2O4. The summed E-state index contributed by atoms with van der Waals surface area (Å²) >= 11 is 0. The fourth-order valence-corrected chi connectivity index (χ4v) is 3.47. The van der Waals surface area contributed by atoms with E-state index in [4.69, 9.17) is 9.84 Å². The van der Waals surface area contributed by atoms with E-state index < -0.39 is 12.3 Å². The Balaban J connectivity index is 1.53. The fourth-order valence-electron chi connectivity index (χ4n) is 3.47. The van der Waals surface area contributed by atoms with E-state index in [1.165, 1.54) is 18.2 Å². The number of rotatable bonds is 8. The molecule has 0 radical (unpaired) electrons. The summed E-state index contributed by atoms with van der Waals surface area (Å²) < 4.78 is 46.6. The van der Waals surface area contributed by atoms with Crippen LogP contribution < -0.4 is 10.1 Å². The Hall–Kier alpha value is -2.81. The Morgan fingerprint density at radius 3 is 2.83 bits per heavy atom. The maximum atomic E-state index is 12.3. The minimum Gasteiger partial charge on any atom is -0.481 e. The van der Waals surface area contributed by atoms with Gasteiger partial charge in [0.15, 0.2) is 0 Å². The van der Waals surface area contributed by atoms with Gasteiger partial charge in [-0.2, -0.15) is 0 Å². The number of aromatic nitrogens is 1. The van der Waals surface area contributed by atoms with Crippen LogP contribution in [0.5, 0.6) is 5.75 Å². The average Bonchev–Trinajstić information content (AvgIpc) is 2.70. The van der Waals surface area contributed by atoms with Gasteiger partial charge in [-0.25, -0.2) is 4.98 Å². The van der Waals surface area contributed by atoms with Gasteiger partial charge in [-0.05, 0) is 54.5 Å². The second-order valence-corrected chi connectivity index (χ2v) is 7.17. The molecule has 3 rings (SSSR count). The Morgan fingerprint density at radius 2 is 2.13 bits per heavy atom. The van der Waals surface area contributed by atoms with Crippen molar-refractivity contribution in [2.24, 2.45) is 0 Å². The van der Waals surface area contributed by atoms with Gasteiger partial charge in [0, 0.05) is 25.8 Å². The van der Waals surface area contributed by atoms with Crippen LogP contribution in [0.25, 0.3) is 0 Å². The third-order valence-corrected chi connectivity index (χ3v) is 4.91. The lowest BCUT2D eigenvalue weighted by Gasteiger charge is -2.29. The molecule has 1 aliphatic heterocycles. The standard InChI is InChI=1S/C21H23F3N2O4/c22-21(23,24)30-18-3-1-2-14(10-18)12-25-19-6-4-16(13-26-19)15-8-9-29-17(11-15)5-7-20(27)28/h1-4,6,10,13,15,17H,5,7-9,11-12H2,(H,25,26)(H,27,28)/t15-,17+/m1/s1. The number of pyridine rings is 1. The van der Waals surface area contributed by atoms with Crippen molar-refractivity contribution >= 4 is 11.8 Å². The summed E-state index contributed by atoms with van der Waals surface area (Å²) in [6, 6.07) is 9.57. The monoisotopic (exact) mass is 424 g/mol. The molecule has 2 heterocycles. The van der Waals surface area contributed by atoms with Crippen LogP contribution in [0, 0.1) is 0 Å². The molecule has 0 amide bonds. The van der Waals surface area contributed by atoms with Crippen molar-refractivity contribution in [1.29, 1.82) is 0 Å². The maximum absolute atomic E-state index is 12.3. The highest BCUT2D eigenvalue weighted by Crippen LogP contribution is 2.31. The number of hydrogen-bond acceptors (Lipinski definition) is 5. The zero-order valence-electron chi connectivity index (χ0n) is 16.2. The number of carboxylic acids is 1. The van der Waals surface area contributed by atoms with Crippen LogP contribution in [0.2, 0.25) is 0 Å². The van der Waals surface area contributed by atoms with Crippen LogP contribution in [0.15, 0.2) is 42.6 Å². The summed E-state index contributed by atoms with van der Waals surface area (Å²) in [6.45, 7) is 0.890. The van der Waals surface area contributed by atoms with Crippen LogP contribution in [-0.2, 0) is 16.1 Å². The van der Waals surface area contributed by atoms with E-state index in [1.807, 2.05) is 12.1 Å². The normalized spacial score (nSPS) is 19.3. The summed E-state index contributed by atoms with van der Waals surface area (Å²) in [5.41, 5.74) is 1.69. The number of anilines is 1. The molecule has 1 aromatic heterocycles. The van der Waals surface area contributed by atoms with E-state index >= 15 is 0 Å². The molecule has 0 bridgehead atoms. The largest absolute Gasteiger partial charge is 0.573 e. The Labute approximate surface area is 172 Å². The number of halogens is 3. The SMILES string of the molecule is O=C(O)CC[C@H]1C[C@H](c2ccc(NCc3cccc(OC(F)(F)F)c3)nc2)CCO1. The highest BCUT2D eigenvalue weighted by molar-refractivity contribution is 5.66. The number of carbonyl (C=O) groups is 1. The third kappa shape index (κ3) is 6.91. The summed E-state index contributed by atoms with van der Waals surface area (Å²) in [6.07, 6.45) is -0.818. The summed E-state index contributed by atoms with van der Waals surface area (Å²) in [5, 5.41) is 11.9. The first-order valence-electron chi connectivity index (χ1n) is 9.66. The molecule has 1 aliphatic rings. The Bertz CT molecular complexity index is 843. The van der Waals surface area contributed by atoms with E-state index in [2.05, 4.69) is 15.0 Å². The van der Waals surface area contributed by atoms with Gasteiger partial charge in [0.25, 0.3) is 0 Å². The molecule has 2 aromatic rings. The van der Waals surface area contributed by atoms with Crippen LogP contribution >= 0.6 is 0 Å². The first kappa shape index (κ1) is 21.9. The zero-order chi connectivity index (χ0) is 21.6. The number of ether oxygens (including phenoxy) is 2. The maximum Gasteiger partial charge on any atom is 0.573 e. The number of aliphatic carboxylic acids is 1. The number of benzene rings is 1. The zero-order valence-corrected chi connectivity index (χ0v) is 16.2. The van der Waals surface area contributed by atoms with Crippen LogP contribution in [0.3, 0.4) is 0 Å². The van der Waals surface area contributed by atoms with Crippen LogP contribution in [-0.4, -0.2) is 35.1 Å². The Morgan fingerprint density at radius 1 is 1.30 bits per heavy atom. The Kier molecular flexibility index (Phi) is 7.15. The van der Waals surface area contributed by atoms with Crippen LogP contribution in [0.1, 0.15) is 42.7 Å². The third-order valence-electron chi connectivity index (χ3n) is 4.91. The van der Waals surface area contributed by atoms with E-state index in [9.17, 15) is 18.0 Å². The van der Waals surface area contributed by atoms with Crippen molar-refractivity contribution in [3.05, 3.63) is 53.7 Å². The minimum atomic E-state index is -4.72. The lowest BCUT2D eigenvalue weighted by Crippen LogP contribution is -2.25. The second-order valence-electron chi connectivity index (χ2n) is 7.17. The summed E-state index contributed by atoms with van der Waals surface area (Å²) in [5.74, 6) is -0.221. The molecule has 0 spiro atoms. The van der Waals surface area contributed by atoms with E-state index in [0.29, 0.717) is 31.0 Å². The van der Waals surface area contributed by atoms with E-state index in [-0.39, 0.29) is 24.2 Å². The second kappa shape index (κ2) is 9.80. The number of nitrogens with zero attached hydrogens (tertiary/aromatic N) is 1. The number of carboxylic acid groups (broad SMARTS) is 1. The molecule has 0 unspecified atom stereocenters. The van der Waals surface area contributed by atoms with Crippen molar-refractivity contribution in [3.63, 3.8) is 0 Å². The van der Waals surface area contributed by atoms with Crippen LogP contribution in [0.4, 0.5) is 19.0 Å². The van der Waals surface area contributed by atoms with Crippen molar-refractivity contribution in [2.75, 3.05) is 11.9 Å². The topological polar surface area (TPSA) is 80.7 Å². The van der Waals surface area contributed by atoms with Gasteiger partial charge < -0.3 is 19.9 Å². The van der Waals surface area contributed by atoms with Gasteiger partial charge in [-0.15, -0.1) is 13.2 Å². The quantitative estimate of drug-likeness (QED) is 0.638. The minimum absolute atomic E-state index is 0.0659. The predicted octanol–water partition coefficient (Wildman–Crippen LogP) is 4.72. The molecule has 2 N–H and O–H groups in total. The number of hydrogen-bond donors (Lipinski definition) is 2. The summed E-state index contributed by atoms with van der Waals surface area (Å²) in [7, 11) is 0. The molecule has 0 saturated carbocycles. The smallest absolute Gasteiger partial charge is 0.481 e. The van der Waals surface area contributed by atoms with E-state index in [0.717, 1.165) is 18.4 Å². The molecular weight excluding hydrogens is 401 g/mol. The number of alkyl halides is 3. The lowest BCUT2D eigenvalue weighted by atomic mass is 9.88. The molecule has 1 fully saturated rings. The lowest BCUT2D eigenvalue weighted by molar-refractivity contribution is -0.274. The molecule has 30 heavy (non-hydrogen) atoms. The molecule has 0 aliphatic carbocycles. The first-order valence-corrected chi connectivity index (χ1v) is 9.66. The highest BCUT2D eigenvalue weighted by atomic mass is 19.4. The number of nitrogens with one attached hydrogen (secondary N) is 1. The van der Waals surface area contributed by atoms with Gasteiger partial charge in [0.05, 0.1) is 6.10 Å². The van der Waals surface area contributed by atoms with Gasteiger partial charge >= 0.3 is 12.3 Å². The molecule has 162 valence electrons. The van der Waals surface area contributed by atoms with Gasteiger partial charge in [0.2, 0.25) is 0 Å². The predicted molar refractivity (Wildman–Crippen MR) is 103 cm³/mol.